The van der Waals surface area contributed by atoms with Crippen molar-refractivity contribution < 1.29 is 19.0 Å². The molecule has 0 saturated heterocycles. The number of ether oxygens (including phenoxy) is 1. The summed E-state index contributed by atoms with van der Waals surface area (Å²) in [4.78, 5) is 20.2. The molecule has 0 fully saturated rings. The Morgan fingerprint density at radius 2 is 1.59 bits per heavy atom. The molecule has 4 aromatic rings. The summed E-state index contributed by atoms with van der Waals surface area (Å²) in [5.74, 6) is -1.44. The summed E-state index contributed by atoms with van der Waals surface area (Å²) < 4.78 is 19.1. The van der Waals surface area contributed by atoms with Crippen molar-refractivity contribution >= 4 is 23.7 Å². The molecule has 9 heteroatoms. The van der Waals surface area contributed by atoms with Gasteiger partial charge in [-0.15, -0.1) is 0 Å². The summed E-state index contributed by atoms with van der Waals surface area (Å²) in [5, 5.41) is 15.2. The minimum atomic E-state index is -1.93. The lowest BCUT2D eigenvalue weighted by Gasteiger charge is -2.27. The highest BCUT2D eigenvalue weighted by molar-refractivity contribution is 6.28. The van der Waals surface area contributed by atoms with Crippen LogP contribution in [0.15, 0.2) is 96.2 Å². The number of benzene rings is 3. The standard InChI is InChI=1S/C25H18ClFN4O3/c26-24-28-16-21(27)22(30-24)34-20-13-11-17(12-14-20)15-29-31-23(32)25(33,18-7-3-1-4-8-18)19-9-5-2-6-10-19/h1-16,33H,(H,31,32)/b29-15-. The molecule has 170 valence electrons. The van der Waals surface area contributed by atoms with E-state index in [0.717, 1.165) is 6.20 Å². The quantitative estimate of drug-likeness (QED) is 0.233. The van der Waals surface area contributed by atoms with E-state index < -0.39 is 17.3 Å². The van der Waals surface area contributed by atoms with Crippen molar-refractivity contribution in [2.45, 2.75) is 5.60 Å². The first-order chi connectivity index (χ1) is 16.5. The van der Waals surface area contributed by atoms with Gasteiger partial charge in [0.1, 0.15) is 5.75 Å². The third kappa shape index (κ3) is 5.09. The van der Waals surface area contributed by atoms with Crippen LogP contribution in [-0.2, 0) is 10.4 Å². The zero-order chi connectivity index (χ0) is 24.0. The molecule has 34 heavy (non-hydrogen) atoms. The van der Waals surface area contributed by atoms with E-state index in [2.05, 4.69) is 20.5 Å². The molecule has 7 nitrogen and oxygen atoms in total. The van der Waals surface area contributed by atoms with E-state index >= 15 is 0 Å². The Kier molecular flexibility index (Phi) is 6.91. The van der Waals surface area contributed by atoms with Crippen LogP contribution in [0, 0.1) is 5.82 Å². The van der Waals surface area contributed by atoms with Crippen molar-refractivity contribution in [1.29, 1.82) is 0 Å². The molecule has 1 aromatic heterocycles. The van der Waals surface area contributed by atoms with Gasteiger partial charge in [-0.25, -0.2) is 10.4 Å². The lowest BCUT2D eigenvalue weighted by Crippen LogP contribution is -2.43. The largest absolute Gasteiger partial charge is 0.436 e. The first kappa shape index (κ1) is 23.0. The minimum Gasteiger partial charge on any atom is -0.436 e. The van der Waals surface area contributed by atoms with E-state index in [1.807, 2.05) is 0 Å². The van der Waals surface area contributed by atoms with Gasteiger partial charge in [0.2, 0.25) is 11.1 Å². The number of nitrogens with one attached hydrogen (secondary N) is 1. The lowest BCUT2D eigenvalue weighted by atomic mass is 9.85. The Morgan fingerprint density at radius 3 is 2.18 bits per heavy atom. The van der Waals surface area contributed by atoms with E-state index in [9.17, 15) is 14.3 Å². The maximum atomic E-state index is 13.7. The molecule has 0 spiro atoms. The number of hydrazone groups is 1. The van der Waals surface area contributed by atoms with Crippen LogP contribution in [-0.4, -0.2) is 27.2 Å². The van der Waals surface area contributed by atoms with Crippen LogP contribution >= 0.6 is 11.6 Å². The summed E-state index contributed by atoms with van der Waals surface area (Å²) in [6.07, 6.45) is 2.32. The molecule has 0 radical (unpaired) electrons. The Morgan fingerprint density at radius 1 is 1.00 bits per heavy atom. The normalized spacial score (nSPS) is 11.4. The van der Waals surface area contributed by atoms with Gasteiger partial charge in [-0.2, -0.15) is 14.5 Å². The molecule has 0 aliphatic carbocycles. The van der Waals surface area contributed by atoms with Gasteiger partial charge in [-0.05, 0) is 52.6 Å². The summed E-state index contributed by atoms with van der Waals surface area (Å²) in [5.41, 5.74) is 1.92. The van der Waals surface area contributed by atoms with Crippen molar-refractivity contribution in [3.8, 4) is 11.6 Å². The topological polar surface area (TPSA) is 96.7 Å². The third-order valence-corrected chi connectivity index (χ3v) is 5.05. The highest BCUT2D eigenvalue weighted by Gasteiger charge is 2.39. The highest BCUT2D eigenvalue weighted by Crippen LogP contribution is 2.30. The number of hydrogen-bond donors (Lipinski definition) is 2. The number of aromatic nitrogens is 2. The Balaban J connectivity index is 1.47. The van der Waals surface area contributed by atoms with Gasteiger partial charge >= 0.3 is 0 Å². The third-order valence-electron chi connectivity index (χ3n) is 4.87. The number of hydrogen-bond acceptors (Lipinski definition) is 6. The van der Waals surface area contributed by atoms with Crippen LogP contribution in [0.4, 0.5) is 4.39 Å². The van der Waals surface area contributed by atoms with Crippen molar-refractivity contribution in [2.75, 3.05) is 0 Å². The zero-order valence-corrected chi connectivity index (χ0v) is 18.4. The summed E-state index contributed by atoms with van der Waals surface area (Å²) in [7, 11) is 0. The molecular weight excluding hydrogens is 459 g/mol. The number of carbonyl (C=O) groups excluding carboxylic acids is 1. The van der Waals surface area contributed by atoms with E-state index in [4.69, 9.17) is 16.3 Å². The number of carbonyl (C=O) groups is 1. The van der Waals surface area contributed by atoms with E-state index in [1.165, 1.54) is 6.21 Å². The van der Waals surface area contributed by atoms with Gasteiger partial charge in [0.15, 0.2) is 5.60 Å². The molecule has 1 amide bonds. The fraction of sp³-hybridized carbons (Fsp3) is 0.0400. The van der Waals surface area contributed by atoms with Gasteiger partial charge in [0, 0.05) is 0 Å². The van der Waals surface area contributed by atoms with Gasteiger partial charge < -0.3 is 9.84 Å². The molecule has 0 atom stereocenters. The Hall–Kier alpha value is -4.14. The van der Waals surface area contributed by atoms with Gasteiger partial charge in [0.25, 0.3) is 11.8 Å². The van der Waals surface area contributed by atoms with Crippen molar-refractivity contribution in [3.05, 3.63) is 119 Å². The number of nitrogens with zero attached hydrogens (tertiary/aromatic N) is 3. The number of aliphatic hydroxyl groups is 1. The number of amides is 1. The van der Waals surface area contributed by atoms with Crippen molar-refractivity contribution in [2.24, 2.45) is 5.10 Å². The molecule has 1 heterocycles. The molecule has 3 aromatic carbocycles. The average Bonchev–Trinajstić information content (AvgIpc) is 2.87. The number of rotatable bonds is 7. The maximum Gasteiger partial charge on any atom is 0.281 e. The zero-order valence-electron chi connectivity index (χ0n) is 17.6. The van der Waals surface area contributed by atoms with E-state index in [1.54, 1.807) is 84.9 Å². The van der Waals surface area contributed by atoms with Crippen LogP contribution < -0.4 is 10.2 Å². The molecule has 0 unspecified atom stereocenters. The van der Waals surface area contributed by atoms with Crippen molar-refractivity contribution in [3.63, 3.8) is 0 Å². The van der Waals surface area contributed by atoms with E-state index in [0.29, 0.717) is 22.4 Å². The van der Waals surface area contributed by atoms with Gasteiger partial charge in [-0.1, -0.05) is 60.7 Å². The maximum absolute atomic E-state index is 13.7. The second kappa shape index (κ2) is 10.2. The molecule has 0 aliphatic rings. The number of halogens is 2. The highest BCUT2D eigenvalue weighted by atomic mass is 35.5. The molecule has 0 saturated carbocycles. The Labute approximate surface area is 199 Å². The van der Waals surface area contributed by atoms with Crippen LogP contribution in [0.1, 0.15) is 16.7 Å². The summed E-state index contributed by atoms with van der Waals surface area (Å²) in [6.45, 7) is 0. The molecule has 0 bridgehead atoms. The van der Waals surface area contributed by atoms with Crippen LogP contribution in [0.2, 0.25) is 5.28 Å². The lowest BCUT2D eigenvalue weighted by molar-refractivity contribution is -0.136. The molecule has 4 rings (SSSR count). The fourth-order valence-electron chi connectivity index (χ4n) is 3.17. The second-order valence-corrected chi connectivity index (χ2v) is 7.44. The monoisotopic (exact) mass is 476 g/mol. The smallest absolute Gasteiger partial charge is 0.281 e. The predicted molar refractivity (Wildman–Crippen MR) is 125 cm³/mol. The van der Waals surface area contributed by atoms with Crippen LogP contribution in [0.3, 0.4) is 0 Å². The molecule has 0 aliphatic heterocycles. The summed E-state index contributed by atoms with van der Waals surface area (Å²) in [6, 6.07) is 23.7. The van der Waals surface area contributed by atoms with Crippen LogP contribution in [0.25, 0.3) is 0 Å². The summed E-state index contributed by atoms with van der Waals surface area (Å²) >= 11 is 5.66. The van der Waals surface area contributed by atoms with Crippen molar-refractivity contribution in [1.82, 2.24) is 15.4 Å². The SMILES string of the molecule is O=C(N/N=C\c1ccc(Oc2nc(Cl)ncc2F)cc1)C(O)(c1ccccc1)c1ccccc1. The first-order valence-corrected chi connectivity index (χ1v) is 10.5. The minimum absolute atomic E-state index is 0.137. The van der Waals surface area contributed by atoms with E-state index in [-0.39, 0.29) is 11.2 Å². The fourth-order valence-corrected chi connectivity index (χ4v) is 3.30. The predicted octanol–water partition coefficient (Wildman–Crippen LogP) is 4.45. The first-order valence-electron chi connectivity index (χ1n) is 10.1. The second-order valence-electron chi connectivity index (χ2n) is 7.10. The Bertz CT molecular complexity index is 1260. The molecular formula is C25H18ClFN4O3. The average molecular weight is 477 g/mol. The van der Waals surface area contributed by atoms with Gasteiger partial charge in [0.05, 0.1) is 12.4 Å². The van der Waals surface area contributed by atoms with Gasteiger partial charge in [-0.3, -0.25) is 4.79 Å². The van der Waals surface area contributed by atoms with Crippen LogP contribution in [0.5, 0.6) is 11.6 Å². The molecule has 2 N–H and O–H groups in total.